The van der Waals surface area contributed by atoms with Crippen molar-refractivity contribution in [1.29, 1.82) is 0 Å². The van der Waals surface area contributed by atoms with Gasteiger partial charge in [-0.2, -0.15) is 0 Å². The number of ether oxygens (including phenoxy) is 1. The number of hydrogen-bond acceptors (Lipinski definition) is 3. The number of benzene rings is 1. The SMILES string of the molecule is CC(C)(C)[NH2+]C[C@H](O)COc1ccc(NC(=O)NC2CCCCC2)cc1. The van der Waals surface area contributed by atoms with Crippen LogP contribution in [0.4, 0.5) is 10.5 Å². The molecule has 146 valence electrons. The summed E-state index contributed by atoms with van der Waals surface area (Å²) in [5.74, 6) is 0.679. The van der Waals surface area contributed by atoms with Crippen LogP contribution >= 0.6 is 0 Å². The number of anilines is 1. The lowest BCUT2D eigenvalue weighted by molar-refractivity contribution is -0.722. The first-order chi connectivity index (χ1) is 12.3. The first-order valence-corrected chi connectivity index (χ1v) is 9.65. The number of hydrogen-bond donors (Lipinski definition) is 4. The van der Waals surface area contributed by atoms with Crippen LogP contribution in [0.5, 0.6) is 5.75 Å². The van der Waals surface area contributed by atoms with E-state index in [4.69, 9.17) is 4.74 Å². The van der Waals surface area contributed by atoms with Gasteiger partial charge in [-0.1, -0.05) is 19.3 Å². The Labute approximate surface area is 156 Å². The molecule has 0 unspecified atom stereocenters. The monoisotopic (exact) mass is 364 g/mol. The molecule has 0 bridgehead atoms. The lowest BCUT2D eigenvalue weighted by atomic mass is 9.96. The van der Waals surface area contributed by atoms with Crippen molar-refractivity contribution in [2.45, 2.75) is 70.6 Å². The highest BCUT2D eigenvalue weighted by Gasteiger charge is 2.17. The molecule has 1 saturated carbocycles. The molecular weight excluding hydrogens is 330 g/mol. The number of rotatable bonds is 7. The molecule has 0 aliphatic heterocycles. The summed E-state index contributed by atoms with van der Waals surface area (Å²) in [6.45, 7) is 7.18. The van der Waals surface area contributed by atoms with Crippen LogP contribution in [0.25, 0.3) is 0 Å². The van der Waals surface area contributed by atoms with E-state index in [2.05, 4.69) is 36.7 Å². The molecule has 1 aliphatic carbocycles. The van der Waals surface area contributed by atoms with Crippen LogP contribution in [0.1, 0.15) is 52.9 Å². The van der Waals surface area contributed by atoms with Crippen molar-refractivity contribution in [1.82, 2.24) is 5.32 Å². The second kappa shape index (κ2) is 9.78. The van der Waals surface area contributed by atoms with Gasteiger partial charge in [0.2, 0.25) is 0 Å². The summed E-state index contributed by atoms with van der Waals surface area (Å²) in [5.41, 5.74) is 0.819. The van der Waals surface area contributed by atoms with Gasteiger partial charge in [0.1, 0.15) is 25.0 Å². The lowest BCUT2D eigenvalue weighted by Crippen LogP contribution is -2.96. The number of amides is 2. The Morgan fingerprint density at radius 1 is 1.23 bits per heavy atom. The van der Waals surface area contributed by atoms with E-state index in [0.29, 0.717) is 12.3 Å². The summed E-state index contributed by atoms with van der Waals surface area (Å²) < 4.78 is 5.62. The summed E-state index contributed by atoms with van der Waals surface area (Å²) in [4.78, 5) is 12.0. The number of urea groups is 1. The van der Waals surface area contributed by atoms with Crippen LogP contribution in [0.15, 0.2) is 24.3 Å². The molecule has 0 radical (unpaired) electrons. The Balaban J connectivity index is 1.70. The molecule has 0 saturated heterocycles. The third kappa shape index (κ3) is 8.06. The van der Waals surface area contributed by atoms with E-state index in [1.54, 1.807) is 12.1 Å². The van der Waals surface area contributed by atoms with E-state index in [9.17, 15) is 9.90 Å². The van der Waals surface area contributed by atoms with Crippen molar-refractivity contribution in [2.24, 2.45) is 0 Å². The Morgan fingerprint density at radius 2 is 1.88 bits per heavy atom. The molecule has 1 aliphatic rings. The van der Waals surface area contributed by atoms with Gasteiger partial charge in [-0.15, -0.1) is 0 Å². The maximum absolute atomic E-state index is 12.0. The van der Waals surface area contributed by atoms with E-state index in [0.717, 1.165) is 18.5 Å². The van der Waals surface area contributed by atoms with Crippen LogP contribution in [-0.4, -0.2) is 42.0 Å². The highest BCUT2D eigenvalue weighted by Crippen LogP contribution is 2.18. The molecule has 26 heavy (non-hydrogen) atoms. The van der Waals surface area contributed by atoms with E-state index in [1.807, 2.05) is 12.1 Å². The molecule has 1 aromatic rings. The number of nitrogens with one attached hydrogen (secondary N) is 2. The second-order valence-electron chi connectivity index (χ2n) is 8.23. The van der Waals surface area contributed by atoms with Crippen LogP contribution in [0.2, 0.25) is 0 Å². The quantitative estimate of drug-likeness (QED) is 0.598. The van der Waals surface area contributed by atoms with E-state index < -0.39 is 6.10 Å². The van der Waals surface area contributed by atoms with E-state index >= 15 is 0 Å². The van der Waals surface area contributed by atoms with Crippen molar-refractivity contribution >= 4 is 11.7 Å². The topological polar surface area (TPSA) is 87.2 Å². The summed E-state index contributed by atoms with van der Waals surface area (Å²) in [7, 11) is 0. The third-order valence-electron chi connectivity index (χ3n) is 4.50. The van der Waals surface area contributed by atoms with Crippen LogP contribution in [0, 0.1) is 0 Å². The minimum Gasteiger partial charge on any atom is -0.491 e. The fraction of sp³-hybridized carbons (Fsp3) is 0.650. The molecule has 6 nitrogen and oxygen atoms in total. The van der Waals surface area contributed by atoms with Gasteiger partial charge >= 0.3 is 6.03 Å². The number of aliphatic hydroxyl groups excluding tert-OH is 1. The number of quaternary nitrogens is 1. The Hall–Kier alpha value is -1.79. The van der Waals surface area contributed by atoms with Crippen molar-refractivity contribution < 1.29 is 20.0 Å². The molecule has 1 fully saturated rings. The molecule has 2 rings (SSSR count). The zero-order chi connectivity index (χ0) is 19.0. The summed E-state index contributed by atoms with van der Waals surface area (Å²) in [5, 5.41) is 18.0. The summed E-state index contributed by atoms with van der Waals surface area (Å²) in [6, 6.07) is 7.36. The van der Waals surface area contributed by atoms with Gasteiger partial charge in [-0.25, -0.2) is 4.79 Å². The number of aliphatic hydroxyl groups is 1. The zero-order valence-corrected chi connectivity index (χ0v) is 16.3. The maximum Gasteiger partial charge on any atom is 0.319 e. The van der Waals surface area contributed by atoms with Crippen molar-refractivity contribution in [3.8, 4) is 5.75 Å². The van der Waals surface area contributed by atoms with Gasteiger partial charge in [0.15, 0.2) is 0 Å². The molecule has 2 amide bonds. The number of nitrogens with two attached hydrogens (primary N) is 1. The molecule has 0 spiro atoms. The highest BCUT2D eigenvalue weighted by molar-refractivity contribution is 5.89. The Bertz CT molecular complexity index is 548. The summed E-state index contributed by atoms with van der Waals surface area (Å²) >= 11 is 0. The van der Waals surface area contributed by atoms with Crippen molar-refractivity contribution in [3.05, 3.63) is 24.3 Å². The summed E-state index contributed by atoms with van der Waals surface area (Å²) in [6.07, 6.45) is 5.26. The fourth-order valence-corrected chi connectivity index (χ4v) is 2.98. The first-order valence-electron chi connectivity index (χ1n) is 9.65. The molecule has 0 aromatic heterocycles. The highest BCUT2D eigenvalue weighted by atomic mass is 16.5. The minimum atomic E-state index is -0.520. The second-order valence-corrected chi connectivity index (χ2v) is 8.23. The molecule has 1 atom stereocenters. The predicted molar refractivity (Wildman–Crippen MR) is 104 cm³/mol. The van der Waals surface area contributed by atoms with E-state index in [1.165, 1.54) is 19.3 Å². The molecule has 5 N–H and O–H groups in total. The minimum absolute atomic E-state index is 0.0898. The van der Waals surface area contributed by atoms with Gasteiger partial charge in [0.05, 0.1) is 5.54 Å². The van der Waals surface area contributed by atoms with Crippen molar-refractivity contribution in [2.75, 3.05) is 18.5 Å². The number of carbonyl (C=O) groups is 1. The Morgan fingerprint density at radius 3 is 2.50 bits per heavy atom. The zero-order valence-electron chi connectivity index (χ0n) is 16.3. The first kappa shape index (κ1) is 20.5. The molecule has 6 heteroatoms. The molecular formula is C20H34N3O3+. The number of carbonyl (C=O) groups excluding carboxylic acids is 1. The van der Waals surface area contributed by atoms with Gasteiger partial charge in [0, 0.05) is 11.7 Å². The lowest BCUT2D eigenvalue weighted by Gasteiger charge is -2.22. The smallest absolute Gasteiger partial charge is 0.319 e. The Kier molecular flexibility index (Phi) is 7.72. The van der Waals surface area contributed by atoms with Gasteiger partial charge in [0.25, 0.3) is 0 Å². The van der Waals surface area contributed by atoms with Crippen molar-refractivity contribution in [3.63, 3.8) is 0 Å². The van der Waals surface area contributed by atoms with Gasteiger partial charge in [-0.3, -0.25) is 0 Å². The van der Waals surface area contributed by atoms with Crippen LogP contribution < -0.4 is 20.7 Å². The maximum atomic E-state index is 12.0. The standard InChI is InChI=1S/C20H33N3O3/c1-20(2,3)21-13-17(24)14-26-18-11-9-16(10-12-18)23-19(25)22-15-7-5-4-6-8-15/h9-12,15,17,21,24H,4-8,13-14H2,1-3H3,(H2,22,23,25)/p+1/t17-/m0/s1. The third-order valence-corrected chi connectivity index (χ3v) is 4.50. The average molecular weight is 365 g/mol. The average Bonchev–Trinajstić information content (AvgIpc) is 2.59. The molecule has 0 heterocycles. The largest absolute Gasteiger partial charge is 0.491 e. The van der Waals surface area contributed by atoms with Crippen LogP contribution in [0.3, 0.4) is 0 Å². The van der Waals surface area contributed by atoms with E-state index in [-0.39, 0.29) is 24.2 Å². The van der Waals surface area contributed by atoms with Gasteiger partial charge < -0.3 is 25.8 Å². The molecule has 1 aromatic carbocycles. The normalized spacial score (nSPS) is 16.8. The predicted octanol–water partition coefficient (Wildman–Crippen LogP) is 2.24. The fourth-order valence-electron chi connectivity index (χ4n) is 2.98. The van der Waals surface area contributed by atoms with Gasteiger partial charge in [-0.05, 0) is 57.9 Å². The van der Waals surface area contributed by atoms with Crippen LogP contribution in [-0.2, 0) is 0 Å².